The van der Waals surface area contributed by atoms with Crippen LogP contribution in [0, 0.1) is 0 Å². The van der Waals surface area contributed by atoms with Gasteiger partial charge < -0.3 is 15.0 Å². The van der Waals surface area contributed by atoms with Gasteiger partial charge in [-0.05, 0) is 36.8 Å². The average molecular weight is 343 g/mol. The van der Waals surface area contributed by atoms with Gasteiger partial charge in [0.15, 0.2) is 0 Å². The van der Waals surface area contributed by atoms with E-state index in [9.17, 15) is 9.59 Å². The molecule has 124 valence electrons. The standard InChI is InChI=1S/C17H17N3O3S/c1-3-12-8-13-16(22)19-14(20-17(13)24-12)9-15(21)18-10-4-6-11(23-2)7-5-10/h4-8H,3,9H2,1-2H3,(H,18,21)(H,19,20,22). The molecule has 0 aliphatic rings. The summed E-state index contributed by atoms with van der Waals surface area (Å²) in [6, 6.07) is 8.89. The van der Waals surface area contributed by atoms with E-state index in [1.165, 1.54) is 11.3 Å². The van der Waals surface area contributed by atoms with Gasteiger partial charge in [-0.2, -0.15) is 0 Å². The summed E-state index contributed by atoms with van der Waals surface area (Å²) in [5.41, 5.74) is 0.455. The van der Waals surface area contributed by atoms with Crippen LogP contribution in [-0.2, 0) is 17.6 Å². The Hall–Kier alpha value is -2.67. The largest absolute Gasteiger partial charge is 0.497 e. The number of amides is 1. The molecule has 0 spiro atoms. The molecule has 0 saturated heterocycles. The predicted molar refractivity (Wildman–Crippen MR) is 94.9 cm³/mol. The lowest BCUT2D eigenvalue weighted by atomic mass is 10.3. The molecule has 24 heavy (non-hydrogen) atoms. The Bertz CT molecular complexity index is 928. The molecular weight excluding hydrogens is 326 g/mol. The number of aromatic amines is 1. The third-order valence-corrected chi connectivity index (χ3v) is 4.73. The Morgan fingerprint density at radius 3 is 2.75 bits per heavy atom. The summed E-state index contributed by atoms with van der Waals surface area (Å²) in [4.78, 5) is 33.1. The van der Waals surface area contributed by atoms with E-state index in [0.29, 0.717) is 27.5 Å². The number of hydrogen-bond donors (Lipinski definition) is 2. The highest BCUT2D eigenvalue weighted by atomic mass is 32.1. The number of rotatable bonds is 5. The van der Waals surface area contributed by atoms with Crippen molar-refractivity contribution < 1.29 is 9.53 Å². The second-order valence-electron chi connectivity index (χ2n) is 5.25. The number of hydrogen-bond acceptors (Lipinski definition) is 5. The predicted octanol–water partition coefficient (Wildman–Crippen LogP) is 2.74. The van der Waals surface area contributed by atoms with Crippen LogP contribution in [0.5, 0.6) is 5.75 Å². The summed E-state index contributed by atoms with van der Waals surface area (Å²) in [6.45, 7) is 2.03. The molecule has 0 atom stereocenters. The van der Waals surface area contributed by atoms with Crippen LogP contribution in [-0.4, -0.2) is 23.0 Å². The molecule has 2 heterocycles. The number of carbonyl (C=O) groups excluding carboxylic acids is 1. The smallest absolute Gasteiger partial charge is 0.259 e. The first-order valence-electron chi connectivity index (χ1n) is 7.54. The van der Waals surface area contributed by atoms with E-state index in [1.807, 2.05) is 13.0 Å². The van der Waals surface area contributed by atoms with E-state index in [4.69, 9.17) is 4.74 Å². The molecule has 0 fully saturated rings. The Morgan fingerprint density at radius 1 is 1.33 bits per heavy atom. The SMILES string of the molecule is CCc1cc2c(=O)[nH]c(CC(=O)Nc3ccc(OC)cc3)nc2s1. The highest BCUT2D eigenvalue weighted by Crippen LogP contribution is 2.21. The number of thiophene rings is 1. The Kier molecular flexibility index (Phi) is 4.61. The molecule has 2 N–H and O–H groups in total. The quantitative estimate of drug-likeness (QED) is 0.746. The molecular formula is C17H17N3O3S. The van der Waals surface area contributed by atoms with E-state index >= 15 is 0 Å². The number of nitrogens with one attached hydrogen (secondary N) is 2. The Balaban J connectivity index is 1.75. The van der Waals surface area contributed by atoms with Crippen LogP contribution in [0.2, 0.25) is 0 Å². The van der Waals surface area contributed by atoms with E-state index in [1.54, 1.807) is 31.4 Å². The first-order chi connectivity index (χ1) is 11.6. The summed E-state index contributed by atoms with van der Waals surface area (Å²) >= 11 is 1.48. The molecule has 0 bridgehead atoms. The van der Waals surface area contributed by atoms with Gasteiger partial charge in [-0.15, -0.1) is 11.3 Å². The van der Waals surface area contributed by atoms with Gasteiger partial charge in [0.25, 0.3) is 5.56 Å². The fraction of sp³-hybridized carbons (Fsp3) is 0.235. The maximum Gasteiger partial charge on any atom is 0.259 e. The lowest BCUT2D eigenvalue weighted by Crippen LogP contribution is -2.19. The molecule has 0 unspecified atom stereocenters. The van der Waals surface area contributed by atoms with Gasteiger partial charge in [-0.25, -0.2) is 4.98 Å². The van der Waals surface area contributed by atoms with Crippen LogP contribution in [0.3, 0.4) is 0 Å². The van der Waals surface area contributed by atoms with Gasteiger partial charge in [0.1, 0.15) is 16.4 Å². The van der Waals surface area contributed by atoms with Crippen molar-refractivity contribution >= 4 is 33.1 Å². The van der Waals surface area contributed by atoms with Gasteiger partial charge >= 0.3 is 0 Å². The van der Waals surface area contributed by atoms with E-state index < -0.39 is 0 Å². The maximum atomic E-state index is 12.1. The monoisotopic (exact) mass is 343 g/mol. The van der Waals surface area contributed by atoms with Crippen molar-refractivity contribution in [1.29, 1.82) is 0 Å². The van der Waals surface area contributed by atoms with Gasteiger partial charge in [-0.1, -0.05) is 6.92 Å². The third-order valence-electron chi connectivity index (χ3n) is 3.55. The minimum absolute atomic E-state index is 0.0105. The minimum Gasteiger partial charge on any atom is -0.497 e. The van der Waals surface area contributed by atoms with Crippen LogP contribution in [0.25, 0.3) is 10.2 Å². The van der Waals surface area contributed by atoms with Crippen molar-refractivity contribution in [3.63, 3.8) is 0 Å². The molecule has 3 aromatic rings. The number of anilines is 1. The third kappa shape index (κ3) is 3.46. The lowest BCUT2D eigenvalue weighted by molar-refractivity contribution is -0.115. The van der Waals surface area contributed by atoms with Gasteiger partial charge in [-0.3, -0.25) is 9.59 Å². The number of H-pyrrole nitrogens is 1. The molecule has 1 amide bonds. The van der Waals surface area contributed by atoms with Crippen molar-refractivity contribution in [2.45, 2.75) is 19.8 Å². The highest BCUT2D eigenvalue weighted by Gasteiger charge is 2.11. The van der Waals surface area contributed by atoms with Gasteiger partial charge in [0, 0.05) is 10.6 Å². The molecule has 0 aliphatic carbocycles. The summed E-state index contributed by atoms with van der Waals surface area (Å²) in [7, 11) is 1.58. The normalized spacial score (nSPS) is 10.8. The number of nitrogens with zero attached hydrogens (tertiary/aromatic N) is 1. The zero-order valence-corrected chi connectivity index (χ0v) is 14.2. The minimum atomic E-state index is -0.241. The van der Waals surface area contributed by atoms with Crippen LogP contribution in [0.1, 0.15) is 17.6 Å². The fourth-order valence-electron chi connectivity index (χ4n) is 2.32. The highest BCUT2D eigenvalue weighted by molar-refractivity contribution is 7.18. The van der Waals surface area contributed by atoms with Crippen molar-refractivity contribution in [1.82, 2.24) is 9.97 Å². The van der Waals surface area contributed by atoms with E-state index in [0.717, 1.165) is 11.3 Å². The number of aryl methyl sites for hydroxylation is 1. The molecule has 7 heteroatoms. The van der Waals surface area contributed by atoms with E-state index in [-0.39, 0.29) is 17.9 Å². The first-order valence-corrected chi connectivity index (χ1v) is 8.36. The van der Waals surface area contributed by atoms with Crippen LogP contribution in [0.4, 0.5) is 5.69 Å². The number of benzene rings is 1. The number of ether oxygens (including phenoxy) is 1. The molecule has 0 saturated carbocycles. The van der Waals surface area contributed by atoms with Crippen molar-refractivity contribution in [3.8, 4) is 5.75 Å². The molecule has 6 nitrogen and oxygen atoms in total. The number of methoxy groups -OCH3 is 1. The zero-order chi connectivity index (χ0) is 17.1. The van der Waals surface area contributed by atoms with Gasteiger partial charge in [0.05, 0.1) is 18.9 Å². The topological polar surface area (TPSA) is 84.1 Å². The molecule has 1 aromatic carbocycles. The molecule has 3 rings (SSSR count). The molecule has 0 aliphatic heterocycles. The number of carbonyl (C=O) groups is 1. The molecule has 0 radical (unpaired) electrons. The van der Waals surface area contributed by atoms with Crippen LogP contribution in [0.15, 0.2) is 35.1 Å². The zero-order valence-electron chi connectivity index (χ0n) is 13.4. The maximum absolute atomic E-state index is 12.1. The first kappa shape index (κ1) is 16.2. The second-order valence-corrected chi connectivity index (χ2v) is 6.37. The Labute approximate surface area is 142 Å². The lowest BCUT2D eigenvalue weighted by Gasteiger charge is -2.06. The summed E-state index contributed by atoms with van der Waals surface area (Å²) in [5, 5.41) is 3.35. The molecule has 2 aromatic heterocycles. The Morgan fingerprint density at radius 2 is 2.08 bits per heavy atom. The van der Waals surface area contributed by atoms with Crippen LogP contribution < -0.4 is 15.6 Å². The number of fused-ring (bicyclic) bond motifs is 1. The summed E-state index contributed by atoms with van der Waals surface area (Å²) in [5.74, 6) is 0.840. The summed E-state index contributed by atoms with van der Waals surface area (Å²) in [6.07, 6.45) is 0.865. The summed E-state index contributed by atoms with van der Waals surface area (Å²) < 4.78 is 5.07. The van der Waals surface area contributed by atoms with Crippen molar-refractivity contribution in [2.24, 2.45) is 0 Å². The van der Waals surface area contributed by atoms with E-state index in [2.05, 4.69) is 15.3 Å². The average Bonchev–Trinajstić information content (AvgIpc) is 2.99. The van der Waals surface area contributed by atoms with Crippen molar-refractivity contribution in [2.75, 3.05) is 12.4 Å². The van der Waals surface area contributed by atoms with Gasteiger partial charge in [0.2, 0.25) is 5.91 Å². The van der Waals surface area contributed by atoms with Crippen LogP contribution >= 0.6 is 11.3 Å². The fourth-order valence-corrected chi connectivity index (χ4v) is 3.30. The van der Waals surface area contributed by atoms with Crippen molar-refractivity contribution in [3.05, 3.63) is 51.4 Å². The second kappa shape index (κ2) is 6.84. The number of aromatic nitrogens is 2.